The van der Waals surface area contributed by atoms with Crippen molar-refractivity contribution in [3.8, 4) is 22.8 Å². The molecule has 1 amide bonds. The Balaban J connectivity index is 1.78. The average Bonchev–Trinajstić information content (AvgIpc) is 3.50. The zero-order valence-corrected chi connectivity index (χ0v) is 22.7. The Morgan fingerprint density at radius 3 is 2.59 bits per heavy atom. The van der Waals surface area contributed by atoms with Gasteiger partial charge in [-0.15, -0.1) is 0 Å². The van der Waals surface area contributed by atoms with Gasteiger partial charge in [0.05, 0.1) is 36.5 Å². The number of aromatic nitrogens is 3. The molecule has 0 bridgehead atoms. The number of fused-ring (bicyclic) bond motifs is 2. The number of unbranched alkanes of at least 4 members (excludes halogenated alkanes) is 1. The van der Waals surface area contributed by atoms with E-state index in [1.54, 1.807) is 18.9 Å². The molecule has 0 aliphatic heterocycles. The maximum atomic E-state index is 12.6. The molecule has 0 atom stereocenters. The number of nitrogens with zero attached hydrogens (tertiary/aromatic N) is 4. The Morgan fingerprint density at radius 2 is 1.85 bits per heavy atom. The third-order valence-electron chi connectivity index (χ3n) is 6.65. The molecular formula is C29H28N4O5S. The van der Waals surface area contributed by atoms with Crippen molar-refractivity contribution >= 4 is 51.4 Å². The molecule has 9 nitrogen and oxygen atoms in total. The van der Waals surface area contributed by atoms with Crippen LogP contribution in [0, 0.1) is 0 Å². The van der Waals surface area contributed by atoms with Crippen molar-refractivity contribution in [2.75, 3.05) is 18.6 Å². The van der Waals surface area contributed by atoms with Crippen molar-refractivity contribution in [3.05, 3.63) is 66.2 Å². The van der Waals surface area contributed by atoms with Gasteiger partial charge in [0.1, 0.15) is 16.8 Å². The molecule has 200 valence electrons. The monoisotopic (exact) mass is 544 g/mol. The Labute approximate surface area is 229 Å². The fourth-order valence-corrected chi connectivity index (χ4v) is 5.35. The molecule has 5 aromatic rings. The van der Waals surface area contributed by atoms with E-state index in [2.05, 4.69) is 15.7 Å². The summed E-state index contributed by atoms with van der Waals surface area (Å²) in [5, 5.41) is 10.5. The molecular weight excluding hydrogens is 516 g/mol. The van der Waals surface area contributed by atoms with Crippen LogP contribution in [0.3, 0.4) is 0 Å². The summed E-state index contributed by atoms with van der Waals surface area (Å²) < 4.78 is 21.6. The third kappa shape index (κ3) is 5.15. The van der Waals surface area contributed by atoms with Crippen molar-refractivity contribution in [1.29, 1.82) is 0 Å². The molecule has 5 rings (SSSR count). The van der Waals surface area contributed by atoms with Crippen LogP contribution in [0.2, 0.25) is 0 Å². The molecule has 0 aliphatic rings. The molecule has 2 heterocycles. The summed E-state index contributed by atoms with van der Waals surface area (Å²) in [7, 11) is 1.57. The van der Waals surface area contributed by atoms with E-state index in [1.807, 2.05) is 65.2 Å². The minimum absolute atomic E-state index is 0.0618. The summed E-state index contributed by atoms with van der Waals surface area (Å²) in [4.78, 5) is 26.3. The summed E-state index contributed by atoms with van der Waals surface area (Å²) >= 11 is 1.14. The third-order valence-corrected chi connectivity index (χ3v) is 7.20. The second kappa shape index (κ2) is 11.1. The lowest BCUT2D eigenvalue weighted by Gasteiger charge is -2.21. The number of amides is 1. The number of ether oxygens (including phenoxy) is 2. The van der Waals surface area contributed by atoms with Gasteiger partial charge in [-0.3, -0.25) is 4.79 Å². The van der Waals surface area contributed by atoms with E-state index >= 15 is 0 Å². The van der Waals surface area contributed by atoms with Gasteiger partial charge >= 0.3 is 6.16 Å². The minimum Gasteiger partial charge on any atom is -0.496 e. The van der Waals surface area contributed by atoms with E-state index < -0.39 is 6.16 Å². The Bertz CT molecular complexity index is 1680. The number of methoxy groups -OCH3 is 1. The van der Waals surface area contributed by atoms with Crippen LogP contribution < -0.4 is 14.4 Å². The highest BCUT2D eigenvalue weighted by Gasteiger charge is 2.26. The maximum absolute atomic E-state index is 12.6. The molecule has 0 unspecified atom stereocenters. The standard InChI is InChI=1S/C29H28N4O5S/c1-4-5-14-32(18(2)34)20-11-13-25-22(16-20)27(21-8-6-7-9-26(21)37-3)28(38-29(35)36)33(25)17-19-10-12-23-24(15-19)31-39-30-23/h6-13,15-16H,4-5,14,17H2,1-3H3,(H,35,36). The van der Waals surface area contributed by atoms with Gasteiger partial charge in [-0.1, -0.05) is 37.6 Å². The molecule has 1 N–H and O–H groups in total. The van der Waals surface area contributed by atoms with E-state index in [4.69, 9.17) is 9.47 Å². The predicted molar refractivity (Wildman–Crippen MR) is 152 cm³/mol. The number of carbonyl (C=O) groups is 2. The first kappa shape index (κ1) is 26.2. The Hall–Kier alpha value is -4.44. The van der Waals surface area contributed by atoms with Crippen molar-refractivity contribution in [3.63, 3.8) is 0 Å². The summed E-state index contributed by atoms with van der Waals surface area (Å²) in [6.07, 6.45) is 0.381. The SMILES string of the molecule is CCCCN(C(C)=O)c1ccc2c(c1)c(-c1ccccc1OC)c(OC(=O)O)n2Cc1ccc2nsnc2c1. The molecule has 0 fully saturated rings. The number of hydrogen-bond acceptors (Lipinski definition) is 7. The van der Waals surface area contributed by atoms with Crippen LogP contribution in [0.5, 0.6) is 11.6 Å². The molecule has 3 aromatic carbocycles. The van der Waals surface area contributed by atoms with Crippen LogP contribution >= 0.6 is 11.7 Å². The van der Waals surface area contributed by atoms with Gasteiger partial charge in [0.15, 0.2) is 0 Å². The van der Waals surface area contributed by atoms with Gasteiger partial charge in [0, 0.05) is 30.1 Å². The van der Waals surface area contributed by atoms with Crippen LogP contribution in [0.15, 0.2) is 60.7 Å². The number of anilines is 1. The van der Waals surface area contributed by atoms with E-state index in [-0.39, 0.29) is 11.8 Å². The molecule has 0 spiro atoms. The van der Waals surface area contributed by atoms with Crippen molar-refractivity contribution in [2.24, 2.45) is 0 Å². The van der Waals surface area contributed by atoms with Gasteiger partial charge in [0.2, 0.25) is 11.8 Å². The summed E-state index contributed by atoms with van der Waals surface area (Å²) in [5.41, 5.74) is 5.22. The van der Waals surface area contributed by atoms with Crippen LogP contribution in [0.25, 0.3) is 33.1 Å². The van der Waals surface area contributed by atoms with E-state index in [0.29, 0.717) is 30.0 Å². The summed E-state index contributed by atoms with van der Waals surface area (Å²) in [6.45, 7) is 4.54. The van der Waals surface area contributed by atoms with Crippen molar-refractivity contribution < 1.29 is 24.2 Å². The van der Waals surface area contributed by atoms with E-state index in [1.165, 1.54) is 0 Å². The van der Waals surface area contributed by atoms with Crippen LogP contribution in [-0.4, -0.2) is 44.1 Å². The fraction of sp³-hybridized carbons (Fsp3) is 0.241. The van der Waals surface area contributed by atoms with E-state index in [0.717, 1.165) is 57.8 Å². The zero-order valence-electron chi connectivity index (χ0n) is 21.9. The second-order valence-corrected chi connectivity index (χ2v) is 9.68. The van der Waals surface area contributed by atoms with Crippen molar-refractivity contribution in [2.45, 2.75) is 33.2 Å². The quantitative estimate of drug-likeness (QED) is 0.209. The van der Waals surface area contributed by atoms with Gasteiger partial charge in [-0.05, 0) is 48.4 Å². The highest BCUT2D eigenvalue weighted by Crippen LogP contribution is 2.45. The fourth-order valence-electron chi connectivity index (χ4n) is 4.84. The molecule has 10 heteroatoms. The summed E-state index contributed by atoms with van der Waals surface area (Å²) in [6, 6.07) is 18.9. The first-order valence-electron chi connectivity index (χ1n) is 12.6. The lowest BCUT2D eigenvalue weighted by atomic mass is 10.0. The van der Waals surface area contributed by atoms with Gasteiger partial charge in [-0.25, -0.2) is 4.79 Å². The lowest BCUT2D eigenvalue weighted by molar-refractivity contribution is -0.116. The topological polar surface area (TPSA) is 107 Å². The summed E-state index contributed by atoms with van der Waals surface area (Å²) in [5.74, 6) is 0.674. The van der Waals surface area contributed by atoms with Gasteiger partial charge < -0.3 is 24.0 Å². The molecule has 0 saturated heterocycles. The molecule has 39 heavy (non-hydrogen) atoms. The largest absolute Gasteiger partial charge is 0.512 e. The first-order chi connectivity index (χ1) is 18.9. The highest BCUT2D eigenvalue weighted by molar-refractivity contribution is 7.00. The number of benzene rings is 3. The Morgan fingerprint density at radius 1 is 1.05 bits per heavy atom. The smallest absolute Gasteiger partial charge is 0.496 e. The van der Waals surface area contributed by atoms with Gasteiger partial charge in [0.25, 0.3) is 0 Å². The normalized spacial score (nSPS) is 11.2. The predicted octanol–water partition coefficient (Wildman–Crippen LogP) is 6.58. The molecule has 0 aliphatic carbocycles. The number of carbonyl (C=O) groups excluding carboxylic acids is 1. The van der Waals surface area contributed by atoms with Crippen LogP contribution in [-0.2, 0) is 11.3 Å². The first-order valence-corrected chi connectivity index (χ1v) is 13.3. The number of carboxylic acid groups (broad SMARTS) is 1. The minimum atomic E-state index is -1.43. The molecule has 2 aromatic heterocycles. The Kier molecular flexibility index (Phi) is 7.47. The maximum Gasteiger partial charge on any atom is 0.512 e. The number of hydrogen-bond donors (Lipinski definition) is 1. The number of rotatable bonds is 9. The number of para-hydroxylation sites is 1. The van der Waals surface area contributed by atoms with Gasteiger partial charge in [-0.2, -0.15) is 8.75 Å². The average molecular weight is 545 g/mol. The van der Waals surface area contributed by atoms with Crippen LogP contribution in [0.4, 0.5) is 10.5 Å². The lowest BCUT2D eigenvalue weighted by Crippen LogP contribution is -2.29. The zero-order chi connectivity index (χ0) is 27.5. The second-order valence-electron chi connectivity index (χ2n) is 9.15. The molecule has 0 saturated carbocycles. The highest BCUT2D eigenvalue weighted by atomic mass is 32.1. The van der Waals surface area contributed by atoms with Crippen LogP contribution in [0.1, 0.15) is 32.3 Å². The van der Waals surface area contributed by atoms with E-state index in [9.17, 15) is 14.7 Å². The van der Waals surface area contributed by atoms with Crippen molar-refractivity contribution in [1.82, 2.24) is 13.3 Å². The molecule has 0 radical (unpaired) electrons.